The molecule has 7 heavy (non-hydrogen) atoms. The molecular formula is C4H4F3. The van der Waals surface area contributed by atoms with Crippen LogP contribution in [-0.4, -0.2) is 6.17 Å². The molecule has 0 unspecified atom stereocenters. The number of halogens is 3. The van der Waals surface area contributed by atoms with Gasteiger partial charge in [-0.05, 0) is 6.92 Å². The van der Waals surface area contributed by atoms with Crippen LogP contribution in [0, 0.1) is 6.33 Å². The molecule has 0 N–H and O–H groups in total. The average molecular weight is 109 g/mol. The molecule has 0 spiro atoms. The highest BCUT2D eigenvalue weighted by Gasteiger charge is 2.03. The van der Waals surface area contributed by atoms with E-state index in [0.717, 1.165) is 6.92 Å². The quantitative estimate of drug-likeness (QED) is 0.482. The fourth-order valence-corrected chi connectivity index (χ4v) is 0.0752. The third-order valence-electron chi connectivity index (χ3n) is 0.440. The summed E-state index contributed by atoms with van der Waals surface area (Å²) in [7, 11) is 0. The van der Waals surface area contributed by atoms with Gasteiger partial charge in [-0.15, -0.1) is 0 Å². The minimum atomic E-state index is -1.87. The molecule has 0 fully saturated rings. The molecule has 0 rings (SSSR count). The van der Waals surface area contributed by atoms with Gasteiger partial charge in [0, 0.05) is 0 Å². The summed E-state index contributed by atoms with van der Waals surface area (Å²) in [6, 6.07) is 0. The summed E-state index contributed by atoms with van der Waals surface area (Å²) in [4.78, 5) is 0. The fourth-order valence-electron chi connectivity index (χ4n) is 0.0752. The van der Waals surface area contributed by atoms with Gasteiger partial charge < -0.3 is 0 Å². The Morgan fingerprint density at radius 1 is 1.71 bits per heavy atom. The standard InChI is InChI=1S/C4H4F3/c1-3(6)4(7)2-5/h3H,1H3/t3-/m0/s1. The number of alkyl halides is 1. The Hall–Kier alpha value is -0.470. The van der Waals surface area contributed by atoms with Crippen molar-refractivity contribution in [3.05, 3.63) is 12.2 Å². The van der Waals surface area contributed by atoms with Gasteiger partial charge in [0.05, 0.1) is 0 Å². The number of hydrogen-bond donors (Lipinski definition) is 0. The lowest BCUT2D eigenvalue weighted by atomic mass is 10.4. The summed E-state index contributed by atoms with van der Waals surface area (Å²) in [5.74, 6) is -1.49. The molecule has 3 heteroatoms. The molecule has 0 aliphatic rings. The van der Waals surface area contributed by atoms with Gasteiger partial charge in [0.2, 0.25) is 0 Å². The molecule has 0 aromatic carbocycles. The van der Waals surface area contributed by atoms with Crippen LogP contribution in [0.3, 0.4) is 0 Å². The molecule has 0 aliphatic heterocycles. The summed E-state index contributed by atoms with van der Waals surface area (Å²) < 4.78 is 33.4. The first-order valence-electron chi connectivity index (χ1n) is 1.71. The van der Waals surface area contributed by atoms with Gasteiger partial charge in [-0.2, -0.15) is 0 Å². The third-order valence-corrected chi connectivity index (χ3v) is 0.440. The van der Waals surface area contributed by atoms with Crippen molar-refractivity contribution < 1.29 is 13.2 Å². The highest BCUT2D eigenvalue weighted by atomic mass is 19.2. The van der Waals surface area contributed by atoms with Crippen molar-refractivity contribution >= 4 is 0 Å². The molecule has 0 aliphatic carbocycles. The number of hydrogen-bond acceptors (Lipinski definition) is 0. The van der Waals surface area contributed by atoms with E-state index in [0.29, 0.717) is 6.33 Å². The zero-order valence-electron chi connectivity index (χ0n) is 3.71. The van der Waals surface area contributed by atoms with Crippen molar-refractivity contribution in [1.29, 1.82) is 0 Å². The normalized spacial score (nSPS) is 16.9. The predicted molar refractivity (Wildman–Crippen MR) is 19.5 cm³/mol. The summed E-state index contributed by atoms with van der Waals surface area (Å²) in [6.45, 7) is 0.891. The van der Waals surface area contributed by atoms with Crippen molar-refractivity contribution in [3.63, 3.8) is 0 Å². The Morgan fingerprint density at radius 2 is 2.14 bits per heavy atom. The van der Waals surface area contributed by atoms with E-state index in [2.05, 4.69) is 0 Å². The van der Waals surface area contributed by atoms with Gasteiger partial charge >= 0.3 is 0 Å². The van der Waals surface area contributed by atoms with Gasteiger partial charge in [0.1, 0.15) is 0 Å². The van der Waals surface area contributed by atoms with Crippen LogP contribution < -0.4 is 0 Å². The maximum atomic E-state index is 11.4. The topological polar surface area (TPSA) is 0 Å². The van der Waals surface area contributed by atoms with Gasteiger partial charge in [-0.3, -0.25) is 0 Å². The van der Waals surface area contributed by atoms with Crippen LogP contribution in [0.2, 0.25) is 0 Å². The van der Waals surface area contributed by atoms with E-state index in [4.69, 9.17) is 0 Å². The highest BCUT2D eigenvalue weighted by Crippen LogP contribution is 2.05. The molecule has 0 aromatic heterocycles. The van der Waals surface area contributed by atoms with Crippen molar-refractivity contribution in [2.45, 2.75) is 13.1 Å². The number of allylic oxidation sites excluding steroid dienone is 1. The molecule has 0 saturated carbocycles. The van der Waals surface area contributed by atoms with E-state index in [1.807, 2.05) is 0 Å². The molecule has 41 valence electrons. The number of rotatable bonds is 1. The largest absolute Gasteiger partial charge is 0.240 e. The van der Waals surface area contributed by atoms with Crippen molar-refractivity contribution in [2.24, 2.45) is 0 Å². The summed E-state index contributed by atoms with van der Waals surface area (Å²) >= 11 is 0. The molecule has 0 heterocycles. The predicted octanol–water partition coefficient (Wildman–Crippen LogP) is 1.93. The Morgan fingerprint density at radius 3 is 2.14 bits per heavy atom. The zero-order chi connectivity index (χ0) is 5.86. The van der Waals surface area contributed by atoms with Gasteiger partial charge in [0.25, 0.3) is 0 Å². The fraction of sp³-hybridized carbons (Fsp3) is 0.500. The first-order valence-corrected chi connectivity index (χ1v) is 1.71. The molecule has 1 radical (unpaired) electrons. The average Bonchev–Trinajstić information content (AvgIpc) is 1.65. The first kappa shape index (κ1) is 6.53. The summed E-state index contributed by atoms with van der Waals surface area (Å²) in [5.41, 5.74) is 0. The van der Waals surface area contributed by atoms with Crippen LogP contribution in [0.5, 0.6) is 0 Å². The van der Waals surface area contributed by atoms with E-state index in [1.54, 1.807) is 0 Å². The van der Waals surface area contributed by atoms with Crippen molar-refractivity contribution in [3.8, 4) is 0 Å². The summed E-state index contributed by atoms with van der Waals surface area (Å²) in [6.07, 6.45) is -1.33. The highest BCUT2D eigenvalue weighted by molar-refractivity contribution is 4.85. The molecular weight excluding hydrogens is 105 g/mol. The van der Waals surface area contributed by atoms with E-state index < -0.39 is 12.0 Å². The maximum Gasteiger partial charge on any atom is 0.196 e. The van der Waals surface area contributed by atoms with Crippen LogP contribution >= 0.6 is 0 Å². The van der Waals surface area contributed by atoms with Crippen LogP contribution in [0.25, 0.3) is 0 Å². The lowest BCUT2D eigenvalue weighted by molar-refractivity contribution is 0.337. The van der Waals surface area contributed by atoms with Crippen LogP contribution in [-0.2, 0) is 0 Å². The Balaban J connectivity index is 3.56. The van der Waals surface area contributed by atoms with E-state index >= 15 is 0 Å². The Bertz CT molecular complexity index is 75.0. The van der Waals surface area contributed by atoms with Crippen molar-refractivity contribution in [1.82, 2.24) is 0 Å². The lowest BCUT2D eigenvalue weighted by Crippen LogP contribution is -1.90. The second-order valence-electron chi connectivity index (χ2n) is 1.06. The second kappa shape index (κ2) is 2.66. The molecule has 1 atom stereocenters. The molecule has 0 bridgehead atoms. The summed E-state index contributed by atoms with van der Waals surface area (Å²) in [5, 5.41) is 0. The van der Waals surface area contributed by atoms with Gasteiger partial charge in [0.15, 0.2) is 18.3 Å². The van der Waals surface area contributed by atoms with E-state index in [9.17, 15) is 13.2 Å². The Kier molecular flexibility index (Phi) is 2.48. The van der Waals surface area contributed by atoms with Gasteiger partial charge in [-0.25, -0.2) is 13.2 Å². The monoisotopic (exact) mass is 109 g/mol. The van der Waals surface area contributed by atoms with Crippen LogP contribution in [0.4, 0.5) is 13.2 Å². The van der Waals surface area contributed by atoms with Crippen molar-refractivity contribution in [2.75, 3.05) is 0 Å². The zero-order valence-corrected chi connectivity index (χ0v) is 3.71. The first-order chi connectivity index (χ1) is 3.18. The van der Waals surface area contributed by atoms with E-state index in [-0.39, 0.29) is 0 Å². The molecule has 0 saturated heterocycles. The Labute approximate surface area is 39.6 Å². The second-order valence-corrected chi connectivity index (χ2v) is 1.06. The molecule has 0 amide bonds. The minimum Gasteiger partial charge on any atom is -0.240 e. The van der Waals surface area contributed by atoms with Crippen LogP contribution in [0.1, 0.15) is 6.92 Å². The van der Waals surface area contributed by atoms with E-state index in [1.165, 1.54) is 0 Å². The van der Waals surface area contributed by atoms with Crippen LogP contribution in [0.15, 0.2) is 5.83 Å². The third kappa shape index (κ3) is 2.25. The SMILES string of the molecule is C[C@H](F)/C(F)=[C]\F. The maximum absolute atomic E-state index is 11.4. The smallest absolute Gasteiger partial charge is 0.196 e. The molecule has 0 aromatic rings. The van der Waals surface area contributed by atoms with Gasteiger partial charge in [-0.1, -0.05) is 0 Å². The lowest BCUT2D eigenvalue weighted by Gasteiger charge is -1.88. The minimum absolute atomic E-state index is 0.539. The molecule has 0 nitrogen and oxygen atoms in total.